The molecule has 7 nitrogen and oxygen atoms in total. The van der Waals surface area contributed by atoms with Gasteiger partial charge in [0, 0.05) is 19.6 Å². The Bertz CT molecular complexity index is 616. The van der Waals surface area contributed by atoms with E-state index in [0.717, 1.165) is 0 Å². The number of rotatable bonds is 7. The SMILES string of the molecule is CCNc1cccc(S(=O)(=O)N(C)C(C)CC)c1[N+](=O)[O-]. The minimum atomic E-state index is -3.92. The fourth-order valence-corrected chi connectivity index (χ4v) is 3.51. The van der Waals surface area contributed by atoms with Gasteiger partial charge in [0.15, 0.2) is 4.90 Å². The van der Waals surface area contributed by atoms with E-state index >= 15 is 0 Å². The molecule has 21 heavy (non-hydrogen) atoms. The van der Waals surface area contributed by atoms with Gasteiger partial charge in [-0.15, -0.1) is 0 Å². The average Bonchev–Trinajstić information content (AvgIpc) is 2.45. The van der Waals surface area contributed by atoms with Gasteiger partial charge in [-0.1, -0.05) is 13.0 Å². The molecule has 1 aromatic rings. The van der Waals surface area contributed by atoms with E-state index in [1.807, 2.05) is 6.92 Å². The van der Waals surface area contributed by atoms with E-state index in [-0.39, 0.29) is 16.6 Å². The first-order valence-electron chi connectivity index (χ1n) is 6.76. The highest BCUT2D eigenvalue weighted by atomic mass is 32.2. The second-order valence-electron chi connectivity index (χ2n) is 4.72. The molecule has 0 aliphatic heterocycles. The maximum atomic E-state index is 12.6. The van der Waals surface area contributed by atoms with E-state index in [0.29, 0.717) is 13.0 Å². The lowest BCUT2D eigenvalue weighted by Gasteiger charge is -2.23. The van der Waals surface area contributed by atoms with Gasteiger partial charge in [-0.05, 0) is 32.4 Å². The van der Waals surface area contributed by atoms with Crippen molar-refractivity contribution in [2.75, 3.05) is 18.9 Å². The van der Waals surface area contributed by atoms with E-state index in [4.69, 9.17) is 0 Å². The normalized spacial score (nSPS) is 13.2. The Morgan fingerprint density at radius 2 is 2.00 bits per heavy atom. The first kappa shape index (κ1) is 17.4. The maximum absolute atomic E-state index is 12.6. The van der Waals surface area contributed by atoms with Crippen LogP contribution in [0.3, 0.4) is 0 Å². The Labute approximate surface area is 125 Å². The van der Waals surface area contributed by atoms with E-state index < -0.39 is 20.6 Å². The minimum Gasteiger partial charge on any atom is -0.380 e. The molecule has 8 heteroatoms. The summed E-state index contributed by atoms with van der Waals surface area (Å²) in [6.07, 6.45) is 0.621. The zero-order chi connectivity index (χ0) is 16.2. The molecule has 1 atom stereocenters. The summed E-state index contributed by atoms with van der Waals surface area (Å²) < 4.78 is 26.4. The van der Waals surface area contributed by atoms with Crippen molar-refractivity contribution < 1.29 is 13.3 Å². The van der Waals surface area contributed by atoms with Crippen molar-refractivity contribution in [3.63, 3.8) is 0 Å². The summed E-state index contributed by atoms with van der Waals surface area (Å²) in [5.41, 5.74) is -0.198. The first-order chi connectivity index (χ1) is 9.77. The molecular formula is C13H21N3O4S. The monoisotopic (exact) mass is 315 g/mol. The Balaban J connectivity index is 3.49. The number of para-hydroxylation sites is 1. The summed E-state index contributed by atoms with van der Waals surface area (Å²) in [6, 6.07) is 4.04. The lowest BCUT2D eigenvalue weighted by Crippen LogP contribution is -2.35. The Kier molecular flexibility index (Phi) is 5.68. The topological polar surface area (TPSA) is 92.6 Å². The molecule has 0 aromatic heterocycles. The molecule has 1 unspecified atom stereocenters. The van der Waals surface area contributed by atoms with Crippen LogP contribution in [0.1, 0.15) is 27.2 Å². The fourth-order valence-electron chi connectivity index (χ4n) is 1.90. The van der Waals surface area contributed by atoms with Crippen molar-refractivity contribution in [3.8, 4) is 0 Å². The van der Waals surface area contributed by atoms with E-state index in [1.54, 1.807) is 13.8 Å². The second-order valence-corrected chi connectivity index (χ2v) is 6.68. The van der Waals surface area contributed by atoms with Gasteiger partial charge in [-0.25, -0.2) is 8.42 Å². The molecule has 1 N–H and O–H groups in total. The highest BCUT2D eigenvalue weighted by molar-refractivity contribution is 7.89. The molecule has 0 spiro atoms. The van der Waals surface area contributed by atoms with Gasteiger partial charge in [-0.2, -0.15) is 4.31 Å². The number of nitro groups is 1. The summed E-state index contributed by atoms with van der Waals surface area (Å²) in [4.78, 5) is 10.4. The molecule has 1 aromatic carbocycles. The Hall–Kier alpha value is -1.67. The average molecular weight is 315 g/mol. The third-order valence-electron chi connectivity index (χ3n) is 3.42. The van der Waals surface area contributed by atoms with Crippen molar-refractivity contribution >= 4 is 21.4 Å². The molecule has 0 aliphatic rings. The van der Waals surface area contributed by atoms with E-state index in [1.165, 1.54) is 29.6 Å². The van der Waals surface area contributed by atoms with Gasteiger partial charge >= 0.3 is 5.69 Å². The summed E-state index contributed by atoms with van der Waals surface area (Å²) >= 11 is 0. The Morgan fingerprint density at radius 1 is 1.38 bits per heavy atom. The predicted octanol–water partition coefficient (Wildman–Crippen LogP) is 2.45. The third-order valence-corrected chi connectivity index (χ3v) is 5.42. The van der Waals surface area contributed by atoms with Crippen LogP contribution in [0.4, 0.5) is 11.4 Å². The molecule has 1 rings (SSSR count). The smallest absolute Gasteiger partial charge is 0.312 e. The van der Waals surface area contributed by atoms with E-state index in [2.05, 4.69) is 5.32 Å². The van der Waals surface area contributed by atoms with Crippen molar-refractivity contribution in [1.29, 1.82) is 0 Å². The largest absolute Gasteiger partial charge is 0.380 e. The maximum Gasteiger partial charge on any atom is 0.312 e. The summed E-state index contributed by atoms with van der Waals surface area (Å²) in [6.45, 7) is 5.87. The van der Waals surface area contributed by atoms with Crippen molar-refractivity contribution in [2.24, 2.45) is 0 Å². The zero-order valence-electron chi connectivity index (χ0n) is 12.7. The van der Waals surface area contributed by atoms with Crippen LogP contribution in [0, 0.1) is 10.1 Å². The zero-order valence-corrected chi connectivity index (χ0v) is 13.5. The van der Waals surface area contributed by atoms with Crippen LogP contribution in [-0.2, 0) is 10.0 Å². The number of benzene rings is 1. The lowest BCUT2D eigenvalue weighted by atomic mass is 10.2. The molecule has 0 radical (unpaired) electrons. The highest BCUT2D eigenvalue weighted by Gasteiger charge is 2.33. The predicted molar refractivity (Wildman–Crippen MR) is 82.0 cm³/mol. The van der Waals surface area contributed by atoms with Crippen molar-refractivity contribution in [3.05, 3.63) is 28.3 Å². The van der Waals surface area contributed by atoms with Crippen molar-refractivity contribution in [2.45, 2.75) is 38.1 Å². The van der Waals surface area contributed by atoms with Crippen LogP contribution in [0.5, 0.6) is 0 Å². The van der Waals surface area contributed by atoms with Crippen LogP contribution in [0.15, 0.2) is 23.1 Å². The van der Waals surface area contributed by atoms with Crippen LogP contribution in [0.25, 0.3) is 0 Å². The summed E-state index contributed by atoms with van der Waals surface area (Å²) in [5, 5.41) is 14.1. The first-order valence-corrected chi connectivity index (χ1v) is 8.20. The molecule has 118 valence electrons. The number of nitrogens with one attached hydrogen (secondary N) is 1. The van der Waals surface area contributed by atoms with Crippen LogP contribution < -0.4 is 5.32 Å². The molecule has 0 amide bonds. The fraction of sp³-hybridized carbons (Fsp3) is 0.538. The number of sulfonamides is 1. The van der Waals surface area contributed by atoms with E-state index in [9.17, 15) is 18.5 Å². The molecule has 0 heterocycles. The van der Waals surface area contributed by atoms with Gasteiger partial charge in [0.25, 0.3) is 0 Å². The van der Waals surface area contributed by atoms with Gasteiger partial charge in [0.2, 0.25) is 10.0 Å². The molecule has 0 bridgehead atoms. The Morgan fingerprint density at radius 3 is 2.48 bits per heavy atom. The van der Waals surface area contributed by atoms with Gasteiger partial charge in [0.1, 0.15) is 5.69 Å². The molecule has 0 fully saturated rings. The highest BCUT2D eigenvalue weighted by Crippen LogP contribution is 2.33. The van der Waals surface area contributed by atoms with Gasteiger partial charge < -0.3 is 5.32 Å². The van der Waals surface area contributed by atoms with Crippen LogP contribution >= 0.6 is 0 Å². The molecule has 0 aliphatic carbocycles. The van der Waals surface area contributed by atoms with Gasteiger partial charge in [-0.3, -0.25) is 10.1 Å². The van der Waals surface area contributed by atoms with Crippen LogP contribution in [-0.4, -0.2) is 37.3 Å². The standard InChI is InChI=1S/C13H21N3O4S/c1-5-10(3)15(4)21(19,20)12-9-7-8-11(14-6-2)13(12)16(17)18/h7-10,14H,5-6H2,1-4H3. The number of anilines is 1. The van der Waals surface area contributed by atoms with Gasteiger partial charge in [0.05, 0.1) is 4.92 Å². The number of nitro benzene ring substituents is 1. The second kappa shape index (κ2) is 6.86. The van der Waals surface area contributed by atoms with Crippen LogP contribution in [0.2, 0.25) is 0 Å². The summed E-state index contributed by atoms with van der Waals surface area (Å²) in [5.74, 6) is 0. The van der Waals surface area contributed by atoms with Crippen molar-refractivity contribution in [1.82, 2.24) is 4.31 Å². The number of hydrogen-bond acceptors (Lipinski definition) is 5. The number of hydrogen-bond donors (Lipinski definition) is 1. The summed E-state index contributed by atoms with van der Waals surface area (Å²) in [7, 11) is -2.48. The lowest BCUT2D eigenvalue weighted by molar-refractivity contribution is -0.386. The number of nitrogens with zero attached hydrogens (tertiary/aromatic N) is 2. The molecular weight excluding hydrogens is 294 g/mol. The third kappa shape index (κ3) is 3.51. The molecule has 0 saturated heterocycles. The molecule has 0 saturated carbocycles. The minimum absolute atomic E-state index is 0.209. The quantitative estimate of drug-likeness (QED) is 0.616.